The number of amides is 3. The SMILES string of the molecule is O=C(COC(=O)C1CCN(S(=O)(=O)c2ccc(F)cc2)CC1)NC(=O)NCc1ccccc1. The van der Waals surface area contributed by atoms with Gasteiger partial charge < -0.3 is 10.1 Å². The maximum absolute atomic E-state index is 13.1. The monoisotopic (exact) mass is 477 g/mol. The molecule has 2 aromatic rings. The van der Waals surface area contributed by atoms with Crippen LogP contribution in [0.1, 0.15) is 18.4 Å². The van der Waals surface area contributed by atoms with Crippen LogP contribution in [0.4, 0.5) is 9.18 Å². The Bertz CT molecular complexity index is 1080. The Kier molecular flexibility index (Phi) is 8.12. The molecule has 1 fully saturated rings. The number of nitrogens with one attached hydrogen (secondary N) is 2. The minimum atomic E-state index is -3.79. The Balaban J connectivity index is 1.39. The molecule has 1 aliphatic heterocycles. The van der Waals surface area contributed by atoms with E-state index in [1.807, 2.05) is 30.3 Å². The maximum Gasteiger partial charge on any atom is 0.321 e. The van der Waals surface area contributed by atoms with Crippen molar-refractivity contribution in [2.75, 3.05) is 19.7 Å². The molecule has 1 heterocycles. The van der Waals surface area contributed by atoms with E-state index in [0.29, 0.717) is 0 Å². The third-order valence-electron chi connectivity index (χ3n) is 5.13. The van der Waals surface area contributed by atoms with Crippen LogP contribution in [0.2, 0.25) is 0 Å². The van der Waals surface area contributed by atoms with Crippen LogP contribution in [0.25, 0.3) is 0 Å². The Morgan fingerprint density at radius 2 is 1.64 bits per heavy atom. The summed E-state index contributed by atoms with van der Waals surface area (Å²) in [6.45, 7) is -0.202. The van der Waals surface area contributed by atoms with Gasteiger partial charge in [0, 0.05) is 19.6 Å². The zero-order valence-electron chi connectivity index (χ0n) is 17.7. The number of ether oxygens (including phenoxy) is 1. The smallest absolute Gasteiger partial charge is 0.321 e. The molecule has 0 aliphatic carbocycles. The van der Waals surface area contributed by atoms with Crippen molar-refractivity contribution in [3.8, 4) is 0 Å². The number of nitrogens with zero attached hydrogens (tertiary/aromatic N) is 1. The molecule has 33 heavy (non-hydrogen) atoms. The predicted octanol–water partition coefficient (Wildman–Crippen LogP) is 1.80. The Morgan fingerprint density at radius 3 is 2.27 bits per heavy atom. The number of halogens is 1. The summed E-state index contributed by atoms with van der Waals surface area (Å²) in [6, 6.07) is 13.0. The molecule has 0 radical (unpaired) electrons. The van der Waals surface area contributed by atoms with Gasteiger partial charge in [-0.1, -0.05) is 30.3 Å². The average molecular weight is 478 g/mol. The molecule has 1 aliphatic rings. The Morgan fingerprint density at radius 1 is 1.00 bits per heavy atom. The van der Waals surface area contributed by atoms with Gasteiger partial charge in [-0.25, -0.2) is 17.6 Å². The minimum Gasteiger partial charge on any atom is -0.455 e. The summed E-state index contributed by atoms with van der Waals surface area (Å²) in [7, 11) is -3.79. The first kappa shape index (κ1) is 24.3. The number of benzene rings is 2. The lowest BCUT2D eigenvalue weighted by Gasteiger charge is -2.30. The molecule has 3 amide bonds. The van der Waals surface area contributed by atoms with E-state index in [2.05, 4.69) is 10.6 Å². The molecule has 2 N–H and O–H groups in total. The number of esters is 1. The first-order chi connectivity index (χ1) is 15.8. The average Bonchev–Trinajstić information content (AvgIpc) is 2.82. The van der Waals surface area contributed by atoms with Crippen molar-refractivity contribution in [1.82, 2.24) is 14.9 Å². The summed E-state index contributed by atoms with van der Waals surface area (Å²) in [5.74, 6) is -2.50. The maximum atomic E-state index is 13.1. The van der Waals surface area contributed by atoms with Gasteiger partial charge in [-0.05, 0) is 42.7 Å². The largest absolute Gasteiger partial charge is 0.455 e. The van der Waals surface area contributed by atoms with E-state index in [0.717, 1.165) is 17.7 Å². The number of imide groups is 1. The van der Waals surface area contributed by atoms with Crippen molar-refractivity contribution in [3.05, 3.63) is 66.0 Å². The second kappa shape index (κ2) is 11.0. The lowest BCUT2D eigenvalue weighted by Crippen LogP contribution is -2.42. The lowest BCUT2D eigenvalue weighted by molar-refractivity contribution is -0.153. The number of rotatable bonds is 7. The second-order valence-corrected chi connectivity index (χ2v) is 9.39. The molecule has 0 spiro atoms. The highest BCUT2D eigenvalue weighted by molar-refractivity contribution is 7.89. The molecule has 3 rings (SSSR count). The van der Waals surface area contributed by atoms with E-state index in [9.17, 15) is 27.2 Å². The molecule has 11 heteroatoms. The fourth-order valence-corrected chi connectivity index (χ4v) is 4.80. The molecule has 0 aromatic heterocycles. The number of hydrogen-bond donors (Lipinski definition) is 2. The number of piperidine rings is 1. The van der Waals surface area contributed by atoms with E-state index in [4.69, 9.17) is 4.74 Å². The van der Waals surface area contributed by atoms with Crippen molar-refractivity contribution in [2.24, 2.45) is 5.92 Å². The van der Waals surface area contributed by atoms with Crippen molar-refractivity contribution in [2.45, 2.75) is 24.3 Å². The van der Waals surface area contributed by atoms with Crippen LogP contribution < -0.4 is 10.6 Å². The third-order valence-corrected chi connectivity index (χ3v) is 7.05. The highest BCUT2D eigenvalue weighted by atomic mass is 32.2. The van der Waals surface area contributed by atoms with Crippen LogP contribution in [0.15, 0.2) is 59.5 Å². The standard InChI is InChI=1S/C22H24FN3O6S/c23-18-6-8-19(9-7-18)33(30,31)26-12-10-17(11-13-26)21(28)32-15-20(27)25-22(29)24-14-16-4-2-1-3-5-16/h1-9,17H,10-15H2,(H2,24,25,27,29). The van der Waals surface area contributed by atoms with Crippen LogP contribution in [0.3, 0.4) is 0 Å². The minimum absolute atomic E-state index is 0.0212. The Hall–Kier alpha value is -3.31. The number of carbonyl (C=O) groups is 3. The van der Waals surface area contributed by atoms with E-state index in [-0.39, 0.29) is 37.4 Å². The summed E-state index contributed by atoms with van der Waals surface area (Å²) in [6.07, 6.45) is 0.441. The highest BCUT2D eigenvalue weighted by Crippen LogP contribution is 2.24. The van der Waals surface area contributed by atoms with E-state index in [1.54, 1.807) is 0 Å². The summed E-state index contributed by atoms with van der Waals surface area (Å²) in [5, 5.41) is 4.60. The molecule has 176 valence electrons. The number of carbonyl (C=O) groups excluding carboxylic acids is 3. The molecule has 1 saturated heterocycles. The predicted molar refractivity (Wildman–Crippen MR) is 116 cm³/mol. The first-order valence-corrected chi connectivity index (χ1v) is 11.7. The third kappa shape index (κ3) is 6.83. The lowest BCUT2D eigenvalue weighted by atomic mass is 9.98. The van der Waals surface area contributed by atoms with Gasteiger partial charge in [0.15, 0.2) is 6.61 Å². The summed E-state index contributed by atoms with van der Waals surface area (Å²) >= 11 is 0. The van der Waals surface area contributed by atoms with Crippen molar-refractivity contribution < 1.29 is 31.9 Å². The zero-order valence-corrected chi connectivity index (χ0v) is 18.5. The Labute approximate surface area is 191 Å². The highest BCUT2D eigenvalue weighted by Gasteiger charge is 2.33. The van der Waals surface area contributed by atoms with Crippen molar-refractivity contribution in [1.29, 1.82) is 0 Å². The zero-order chi connectivity index (χ0) is 23.8. The van der Waals surface area contributed by atoms with Crippen molar-refractivity contribution >= 4 is 27.9 Å². The molecule has 0 bridgehead atoms. The fourth-order valence-electron chi connectivity index (χ4n) is 3.33. The van der Waals surface area contributed by atoms with Crippen LogP contribution in [-0.2, 0) is 30.9 Å². The fraction of sp³-hybridized carbons (Fsp3) is 0.318. The molecule has 9 nitrogen and oxygen atoms in total. The molecular formula is C22H24FN3O6S. The quantitative estimate of drug-likeness (QED) is 0.587. The van der Waals surface area contributed by atoms with Gasteiger partial charge in [0.1, 0.15) is 5.82 Å². The van der Waals surface area contributed by atoms with Crippen molar-refractivity contribution in [3.63, 3.8) is 0 Å². The van der Waals surface area contributed by atoms with E-state index < -0.39 is 46.3 Å². The molecular weight excluding hydrogens is 453 g/mol. The summed E-state index contributed by atoms with van der Waals surface area (Å²) in [5.41, 5.74) is 0.860. The normalized spacial score (nSPS) is 14.9. The van der Waals surface area contributed by atoms with Crippen LogP contribution in [-0.4, -0.2) is 50.3 Å². The number of sulfonamides is 1. The van der Waals surface area contributed by atoms with Crippen LogP contribution in [0, 0.1) is 11.7 Å². The first-order valence-electron chi connectivity index (χ1n) is 10.3. The van der Waals surface area contributed by atoms with Gasteiger partial charge >= 0.3 is 12.0 Å². The van der Waals surface area contributed by atoms with Gasteiger partial charge in [0.05, 0.1) is 10.8 Å². The molecule has 0 unspecified atom stereocenters. The van der Waals surface area contributed by atoms with Crippen LogP contribution >= 0.6 is 0 Å². The topological polar surface area (TPSA) is 122 Å². The van der Waals surface area contributed by atoms with Gasteiger partial charge in [-0.15, -0.1) is 0 Å². The van der Waals surface area contributed by atoms with E-state index in [1.165, 1.54) is 16.4 Å². The van der Waals surface area contributed by atoms with Gasteiger partial charge in [-0.2, -0.15) is 4.31 Å². The number of urea groups is 1. The van der Waals surface area contributed by atoms with Gasteiger partial charge in [0.2, 0.25) is 10.0 Å². The van der Waals surface area contributed by atoms with Crippen LogP contribution in [0.5, 0.6) is 0 Å². The molecule has 0 saturated carbocycles. The second-order valence-electron chi connectivity index (χ2n) is 7.46. The van der Waals surface area contributed by atoms with E-state index >= 15 is 0 Å². The number of hydrogen-bond acceptors (Lipinski definition) is 6. The summed E-state index contributed by atoms with van der Waals surface area (Å²) < 4.78 is 44.5. The van der Waals surface area contributed by atoms with Gasteiger partial charge in [0.25, 0.3) is 5.91 Å². The van der Waals surface area contributed by atoms with Gasteiger partial charge in [-0.3, -0.25) is 14.9 Å². The molecule has 0 atom stereocenters. The summed E-state index contributed by atoms with van der Waals surface area (Å²) in [4.78, 5) is 35.9. The molecule has 2 aromatic carbocycles.